The van der Waals surface area contributed by atoms with Crippen LogP contribution in [0.5, 0.6) is 0 Å². The quantitative estimate of drug-likeness (QED) is 0.664. The van der Waals surface area contributed by atoms with Gasteiger partial charge in [0.25, 0.3) is 0 Å². The molecule has 0 aliphatic heterocycles. The Morgan fingerprint density at radius 1 is 1.36 bits per heavy atom. The van der Waals surface area contributed by atoms with Crippen molar-refractivity contribution in [3.8, 4) is 6.07 Å². The van der Waals surface area contributed by atoms with Crippen molar-refractivity contribution in [3.05, 3.63) is 35.9 Å². The van der Waals surface area contributed by atoms with Crippen LogP contribution in [0.15, 0.2) is 30.3 Å². The Balaban J connectivity index is 2.29. The molecule has 0 amide bonds. The van der Waals surface area contributed by atoms with Gasteiger partial charge in [0.05, 0.1) is 6.07 Å². The van der Waals surface area contributed by atoms with Crippen molar-refractivity contribution in [1.82, 2.24) is 0 Å². The molecule has 0 spiro atoms. The molecule has 14 heavy (non-hydrogen) atoms. The van der Waals surface area contributed by atoms with Crippen LogP contribution < -0.4 is 0 Å². The first-order valence-electron chi connectivity index (χ1n) is 4.75. The van der Waals surface area contributed by atoms with Gasteiger partial charge in [-0.3, -0.25) is 0 Å². The second-order valence-electron chi connectivity index (χ2n) is 3.25. The minimum Gasteiger partial charge on any atom is -0.302 e. The first-order chi connectivity index (χ1) is 6.86. The van der Waals surface area contributed by atoms with E-state index in [-0.39, 0.29) is 0 Å². The van der Waals surface area contributed by atoms with Gasteiger partial charge in [-0.2, -0.15) is 5.26 Å². The molecule has 1 unspecified atom stereocenters. The third kappa shape index (κ3) is 3.40. The number of hydrogen-bond donors (Lipinski definition) is 0. The van der Waals surface area contributed by atoms with Gasteiger partial charge in [-0.15, -0.1) is 0 Å². The predicted molar refractivity (Wildman–Crippen MR) is 54.5 cm³/mol. The smallest absolute Gasteiger partial charge is 0.137 e. The largest absolute Gasteiger partial charge is 0.302 e. The second-order valence-corrected chi connectivity index (χ2v) is 3.25. The summed E-state index contributed by atoms with van der Waals surface area (Å²) >= 11 is 0. The molecule has 0 saturated carbocycles. The summed E-state index contributed by atoms with van der Waals surface area (Å²) in [7, 11) is 0. The molecule has 72 valence electrons. The van der Waals surface area contributed by atoms with Crippen LogP contribution >= 0.6 is 0 Å². The number of hydrogen-bond acceptors (Lipinski definition) is 2. The molecule has 2 nitrogen and oxygen atoms in total. The van der Waals surface area contributed by atoms with Crippen LogP contribution in [-0.2, 0) is 11.2 Å². The van der Waals surface area contributed by atoms with Crippen molar-refractivity contribution in [2.75, 3.05) is 0 Å². The van der Waals surface area contributed by atoms with E-state index in [4.69, 9.17) is 5.26 Å². The first-order valence-corrected chi connectivity index (χ1v) is 4.75. The van der Waals surface area contributed by atoms with Gasteiger partial charge in [0.15, 0.2) is 0 Å². The van der Waals surface area contributed by atoms with Gasteiger partial charge < -0.3 is 4.79 Å². The zero-order valence-corrected chi connectivity index (χ0v) is 8.02. The zero-order chi connectivity index (χ0) is 10.2. The van der Waals surface area contributed by atoms with Gasteiger partial charge in [0.2, 0.25) is 0 Å². The number of nitriles is 1. The molecular weight excluding hydrogens is 174 g/mol. The molecule has 0 bridgehead atoms. The van der Waals surface area contributed by atoms with E-state index >= 15 is 0 Å². The first kappa shape index (κ1) is 10.5. The van der Waals surface area contributed by atoms with Gasteiger partial charge in [0.1, 0.15) is 12.2 Å². The lowest BCUT2D eigenvalue weighted by atomic mass is 10.0. The van der Waals surface area contributed by atoms with Crippen LogP contribution in [0, 0.1) is 17.2 Å². The average molecular weight is 187 g/mol. The summed E-state index contributed by atoms with van der Waals surface area (Å²) in [6, 6.07) is 12.1. The van der Waals surface area contributed by atoms with E-state index in [0.29, 0.717) is 6.42 Å². The molecule has 2 heteroatoms. The lowest BCUT2D eigenvalue weighted by molar-refractivity contribution is -0.109. The molecule has 0 saturated heterocycles. The maximum absolute atomic E-state index is 10.4. The molecule has 1 aromatic rings. The monoisotopic (exact) mass is 187 g/mol. The van der Waals surface area contributed by atoms with Gasteiger partial charge in [-0.1, -0.05) is 30.3 Å². The van der Waals surface area contributed by atoms with E-state index in [1.165, 1.54) is 5.56 Å². The Bertz CT molecular complexity index is 313. The third-order valence-electron chi connectivity index (χ3n) is 2.15. The number of carbonyl (C=O) groups is 1. The maximum Gasteiger partial charge on any atom is 0.137 e. The van der Waals surface area contributed by atoms with Crippen molar-refractivity contribution in [1.29, 1.82) is 5.26 Å². The molecule has 0 aliphatic carbocycles. The summed E-state index contributed by atoms with van der Waals surface area (Å²) in [5.74, 6) is -0.432. The summed E-state index contributed by atoms with van der Waals surface area (Å²) in [4.78, 5) is 10.4. The third-order valence-corrected chi connectivity index (χ3v) is 2.15. The van der Waals surface area contributed by atoms with Crippen LogP contribution in [0.4, 0.5) is 0 Å². The molecule has 1 aromatic carbocycles. The number of aryl methyl sites for hydroxylation is 1. The number of nitrogens with zero attached hydrogens (tertiary/aromatic N) is 1. The second kappa shape index (κ2) is 5.93. The van der Waals surface area contributed by atoms with Gasteiger partial charge in [0, 0.05) is 0 Å². The minimum atomic E-state index is -0.432. The van der Waals surface area contributed by atoms with Crippen molar-refractivity contribution >= 4 is 6.29 Å². The van der Waals surface area contributed by atoms with Gasteiger partial charge >= 0.3 is 0 Å². The standard InChI is InChI=1S/C12H13NO/c13-9-12(10-14)8-4-7-11-5-2-1-3-6-11/h1-3,5-6,10,12H,4,7-8H2. The van der Waals surface area contributed by atoms with Crippen molar-refractivity contribution in [2.24, 2.45) is 5.92 Å². The van der Waals surface area contributed by atoms with E-state index < -0.39 is 5.92 Å². The highest BCUT2D eigenvalue weighted by atomic mass is 16.1. The van der Waals surface area contributed by atoms with Crippen LogP contribution in [-0.4, -0.2) is 6.29 Å². The molecule has 0 fully saturated rings. The van der Waals surface area contributed by atoms with E-state index in [1.807, 2.05) is 24.3 Å². The Morgan fingerprint density at radius 3 is 2.64 bits per heavy atom. The summed E-state index contributed by atoms with van der Waals surface area (Å²) < 4.78 is 0. The Morgan fingerprint density at radius 2 is 2.07 bits per heavy atom. The number of benzene rings is 1. The van der Waals surface area contributed by atoms with E-state index in [9.17, 15) is 4.79 Å². The van der Waals surface area contributed by atoms with Gasteiger partial charge in [-0.25, -0.2) is 0 Å². The molecule has 0 heterocycles. The Labute approximate surface area is 84.2 Å². The highest BCUT2D eigenvalue weighted by Crippen LogP contribution is 2.08. The van der Waals surface area contributed by atoms with E-state index in [0.717, 1.165) is 19.1 Å². The predicted octanol–water partition coefficient (Wildman–Crippen LogP) is 2.35. The maximum atomic E-state index is 10.4. The minimum absolute atomic E-state index is 0.432. The van der Waals surface area contributed by atoms with Crippen LogP contribution in [0.2, 0.25) is 0 Å². The highest BCUT2D eigenvalue weighted by molar-refractivity contribution is 5.57. The van der Waals surface area contributed by atoms with E-state index in [2.05, 4.69) is 12.1 Å². The summed E-state index contributed by atoms with van der Waals surface area (Å²) in [5, 5.41) is 8.54. The highest BCUT2D eigenvalue weighted by Gasteiger charge is 2.04. The molecule has 1 atom stereocenters. The molecule has 1 rings (SSSR count). The molecular formula is C12H13NO. The fourth-order valence-electron chi connectivity index (χ4n) is 1.33. The Hall–Kier alpha value is -1.62. The SMILES string of the molecule is N#CC(C=O)CCCc1ccccc1. The molecule has 0 N–H and O–H groups in total. The van der Waals surface area contributed by atoms with Crippen molar-refractivity contribution in [2.45, 2.75) is 19.3 Å². The lowest BCUT2D eigenvalue weighted by Gasteiger charge is -2.01. The van der Waals surface area contributed by atoms with Gasteiger partial charge in [-0.05, 0) is 24.8 Å². The number of carbonyl (C=O) groups excluding carboxylic acids is 1. The number of rotatable bonds is 5. The Kier molecular flexibility index (Phi) is 4.43. The van der Waals surface area contributed by atoms with Crippen molar-refractivity contribution in [3.63, 3.8) is 0 Å². The molecule has 0 aromatic heterocycles. The normalized spacial score (nSPS) is 11.6. The summed E-state index contributed by atoms with van der Waals surface area (Å²) in [5.41, 5.74) is 1.26. The summed E-state index contributed by atoms with van der Waals surface area (Å²) in [6.45, 7) is 0. The zero-order valence-electron chi connectivity index (χ0n) is 8.02. The topological polar surface area (TPSA) is 40.9 Å². The molecule has 0 radical (unpaired) electrons. The summed E-state index contributed by atoms with van der Waals surface area (Å²) in [6.07, 6.45) is 3.22. The number of aldehydes is 1. The van der Waals surface area contributed by atoms with E-state index in [1.54, 1.807) is 0 Å². The van der Waals surface area contributed by atoms with Crippen LogP contribution in [0.3, 0.4) is 0 Å². The van der Waals surface area contributed by atoms with Crippen LogP contribution in [0.1, 0.15) is 18.4 Å². The van der Waals surface area contributed by atoms with Crippen LogP contribution in [0.25, 0.3) is 0 Å². The average Bonchev–Trinajstić information content (AvgIpc) is 2.26. The fraction of sp³-hybridized carbons (Fsp3) is 0.333. The molecule has 0 aliphatic rings. The van der Waals surface area contributed by atoms with Crippen molar-refractivity contribution < 1.29 is 4.79 Å². The lowest BCUT2D eigenvalue weighted by Crippen LogP contribution is -1.98. The fourth-order valence-corrected chi connectivity index (χ4v) is 1.33.